The van der Waals surface area contributed by atoms with Crippen LogP contribution >= 0.6 is 11.6 Å². The third-order valence-electron chi connectivity index (χ3n) is 6.16. The summed E-state index contributed by atoms with van der Waals surface area (Å²) in [5.74, 6) is 0.452. The SMILES string of the molecule is COc1cc(NC(C(=O)N2CCc3c(C)cc(C(F)(F)F)cc32)c2ccc(Cl)cc2)cc(OCCO)c1. The van der Waals surface area contributed by atoms with E-state index in [2.05, 4.69) is 5.32 Å². The van der Waals surface area contributed by atoms with Gasteiger partial charge in [-0.25, -0.2) is 0 Å². The first-order valence-corrected chi connectivity index (χ1v) is 12.0. The molecule has 2 N–H and O–H groups in total. The molecule has 1 amide bonds. The van der Waals surface area contributed by atoms with Crippen LogP contribution in [-0.4, -0.2) is 37.9 Å². The Labute approximate surface area is 217 Å². The number of aliphatic hydroxyl groups is 1. The number of hydrogen-bond acceptors (Lipinski definition) is 5. The minimum Gasteiger partial charge on any atom is -0.497 e. The van der Waals surface area contributed by atoms with Gasteiger partial charge in [0, 0.05) is 41.1 Å². The smallest absolute Gasteiger partial charge is 0.416 e. The van der Waals surface area contributed by atoms with Crippen LogP contribution in [0.25, 0.3) is 0 Å². The molecule has 0 radical (unpaired) electrons. The fourth-order valence-corrected chi connectivity index (χ4v) is 4.51. The zero-order valence-corrected chi connectivity index (χ0v) is 21.0. The Balaban J connectivity index is 1.73. The maximum atomic E-state index is 13.9. The van der Waals surface area contributed by atoms with Crippen molar-refractivity contribution in [2.24, 2.45) is 0 Å². The van der Waals surface area contributed by atoms with Gasteiger partial charge in [0.2, 0.25) is 0 Å². The predicted octanol–water partition coefficient (Wildman–Crippen LogP) is 5.79. The van der Waals surface area contributed by atoms with Crippen LogP contribution in [0.1, 0.15) is 28.3 Å². The molecule has 0 fully saturated rings. The second kappa shape index (κ2) is 10.9. The zero-order valence-electron chi connectivity index (χ0n) is 20.2. The maximum Gasteiger partial charge on any atom is 0.416 e. The van der Waals surface area contributed by atoms with Gasteiger partial charge >= 0.3 is 6.18 Å². The highest BCUT2D eigenvalue weighted by Gasteiger charge is 2.37. The number of aryl methyl sites for hydroxylation is 1. The molecule has 4 rings (SSSR count). The molecule has 10 heteroatoms. The minimum absolute atomic E-state index is 0.0671. The van der Waals surface area contributed by atoms with Crippen LogP contribution in [0.2, 0.25) is 5.02 Å². The normalized spacial score (nSPS) is 13.8. The van der Waals surface area contributed by atoms with Gasteiger partial charge in [0.25, 0.3) is 5.91 Å². The molecule has 196 valence electrons. The van der Waals surface area contributed by atoms with Gasteiger partial charge in [-0.2, -0.15) is 13.2 Å². The molecule has 1 atom stereocenters. The molecule has 1 heterocycles. The molecule has 0 spiro atoms. The van der Waals surface area contributed by atoms with Gasteiger partial charge < -0.3 is 24.8 Å². The molecule has 0 saturated heterocycles. The Hall–Kier alpha value is -3.43. The molecule has 1 unspecified atom stereocenters. The quantitative estimate of drug-likeness (QED) is 0.383. The van der Waals surface area contributed by atoms with E-state index in [0.29, 0.717) is 39.8 Å². The molecule has 0 bridgehead atoms. The monoisotopic (exact) mass is 534 g/mol. The number of nitrogens with zero attached hydrogens (tertiary/aromatic N) is 1. The number of methoxy groups -OCH3 is 1. The van der Waals surface area contributed by atoms with Crippen molar-refractivity contribution in [2.45, 2.75) is 25.6 Å². The number of carbonyl (C=O) groups excluding carboxylic acids is 1. The van der Waals surface area contributed by atoms with Crippen molar-refractivity contribution in [3.63, 3.8) is 0 Å². The summed E-state index contributed by atoms with van der Waals surface area (Å²) < 4.78 is 51.5. The van der Waals surface area contributed by atoms with Crippen molar-refractivity contribution in [3.05, 3.63) is 81.9 Å². The second-order valence-corrected chi connectivity index (χ2v) is 9.06. The molecule has 0 saturated carbocycles. The van der Waals surface area contributed by atoms with Gasteiger partial charge in [-0.1, -0.05) is 23.7 Å². The van der Waals surface area contributed by atoms with E-state index in [1.54, 1.807) is 49.4 Å². The maximum absolute atomic E-state index is 13.9. The average molecular weight is 535 g/mol. The molecule has 1 aliphatic heterocycles. The summed E-state index contributed by atoms with van der Waals surface area (Å²) in [7, 11) is 1.48. The van der Waals surface area contributed by atoms with E-state index in [9.17, 15) is 18.0 Å². The van der Waals surface area contributed by atoms with E-state index < -0.39 is 23.7 Å². The molecule has 3 aromatic carbocycles. The summed E-state index contributed by atoms with van der Waals surface area (Å²) in [6.45, 7) is 1.77. The number of carbonyl (C=O) groups is 1. The number of aliphatic hydroxyl groups excluding tert-OH is 1. The van der Waals surface area contributed by atoms with Crippen LogP contribution in [0.4, 0.5) is 24.5 Å². The number of nitrogens with one attached hydrogen (secondary N) is 1. The Bertz CT molecular complexity index is 1280. The average Bonchev–Trinajstić information content (AvgIpc) is 3.30. The van der Waals surface area contributed by atoms with Gasteiger partial charge in [0.1, 0.15) is 24.1 Å². The van der Waals surface area contributed by atoms with E-state index >= 15 is 0 Å². The molecule has 0 aromatic heterocycles. The highest BCUT2D eigenvalue weighted by Crippen LogP contribution is 2.40. The fourth-order valence-electron chi connectivity index (χ4n) is 4.39. The summed E-state index contributed by atoms with van der Waals surface area (Å²) in [5.41, 5.74) is 1.74. The second-order valence-electron chi connectivity index (χ2n) is 8.63. The molecular weight excluding hydrogens is 509 g/mol. The summed E-state index contributed by atoms with van der Waals surface area (Å²) in [6.07, 6.45) is -4.08. The first-order valence-electron chi connectivity index (χ1n) is 11.6. The molecular formula is C27H26ClF3N2O4. The van der Waals surface area contributed by atoms with Crippen LogP contribution < -0.4 is 19.7 Å². The van der Waals surface area contributed by atoms with Crippen molar-refractivity contribution in [1.82, 2.24) is 0 Å². The van der Waals surface area contributed by atoms with Crippen LogP contribution in [0, 0.1) is 6.92 Å². The minimum atomic E-state index is -4.53. The fraction of sp³-hybridized carbons (Fsp3) is 0.296. The number of ether oxygens (including phenoxy) is 2. The lowest BCUT2D eigenvalue weighted by molar-refractivity contribution is -0.137. The molecule has 1 aliphatic rings. The highest BCUT2D eigenvalue weighted by atomic mass is 35.5. The molecule has 3 aromatic rings. The van der Waals surface area contributed by atoms with Crippen molar-refractivity contribution >= 4 is 28.9 Å². The van der Waals surface area contributed by atoms with E-state index in [1.807, 2.05) is 0 Å². The van der Waals surface area contributed by atoms with Crippen LogP contribution in [0.5, 0.6) is 11.5 Å². The number of benzene rings is 3. The number of halogens is 4. The van der Waals surface area contributed by atoms with E-state index in [-0.39, 0.29) is 25.4 Å². The number of amides is 1. The summed E-state index contributed by atoms with van der Waals surface area (Å²) >= 11 is 6.06. The van der Waals surface area contributed by atoms with Gasteiger partial charge in [0.05, 0.1) is 19.3 Å². The number of rotatable bonds is 8. The third-order valence-corrected chi connectivity index (χ3v) is 6.41. The third kappa shape index (κ3) is 5.94. The number of hydrogen-bond donors (Lipinski definition) is 2. The van der Waals surface area contributed by atoms with Gasteiger partial charge in [-0.3, -0.25) is 4.79 Å². The molecule has 0 aliphatic carbocycles. The Morgan fingerprint density at radius 2 is 1.84 bits per heavy atom. The van der Waals surface area contributed by atoms with Crippen molar-refractivity contribution in [2.75, 3.05) is 37.1 Å². The van der Waals surface area contributed by atoms with Crippen molar-refractivity contribution < 1.29 is 32.5 Å². The summed E-state index contributed by atoms with van der Waals surface area (Å²) in [4.78, 5) is 15.3. The number of alkyl halides is 3. The van der Waals surface area contributed by atoms with Crippen molar-refractivity contribution in [1.29, 1.82) is 0 Å². The number of fused-ring (bicyclic) bond motifs is 1. The van der Waals surface area contributed by atoms with Gasteiger partial charge in [-0.15, -0.1) is 0 Å². The Morgan fingerprint density at radius 1 is 1.14 bits per heavy atom. The summed E-state index contributed by atoms with van der Waals surface area (Å²) in [6, 6.07) is 12.8. The highest BCUT2D eigenvalue weighted by molar-refractivity contribution is 6.30. The first kappa shape index (κ1) is 26.6. The Morgan fingerprint density at radius 3 is 2.49 bits per heavy atom. The van der Waals surface area contributed by atoms with Crippen molar-refractivity contribution in [3.8, 4) is 11.5 Å². The molecule has 6 nitrogen and oxygen atoms in total. The standard InChI is InChI=1S/C27H26ClF3N2O4/c1-16-11-18(27(29,30)31)12-24-23(16)7-8-33(24)26(35)25(17-3-5-19(28)6-4-17)32-20-13-21(36-2)15-22(14-20)37-10-9-34/h3-6,11-15,25,32,34H,7-10H2,1-2H3. The lowest BCUT2D eigenvalue weighted by Gasteiger charge is -2.27. The summed E-state index contributed by atoms with van der Waals surface area (Å²) in [5, 5.41) is 12.8. The lowest BCUT2D eigenvalue weighted by Crippen LogP contribution is -2.37. The predicted molar refractivity (Wildman–Crippen MR) is 136 cm³/mol. The largest absolute Gasteiger partial charge is 0.497 e. The van der Waals surface area contributed by atoms with Crippen LogP contribution in [0.3, 0.4) is 0 Å². The zero-order chi connectivity index (χ0) is 26.7. The van der Waals surface area contributed by atoms with Crippen LogP contribution in [0.15, 0.2) is 54.6 Å². The van der Waals surface area contributed by atoms with E-state index in [0.717, 1.165) is 17.7 Å². The van der Waals surface area contributed by atoms with E-state index in [1.165, 1.54) is 12.0 Å². The van der Waals surface area contributed by atoms with Crippen LogP contribution in [-0.2, 0) is 17.4 Å². The Kier molecular flexibility index (Phi) is 7.85. The van der Waals surface area contributed by atoms with Gasteiger partial charge in [0.15, 0.2) is 0 Å². The van der Waals surface area contributed by atoms with Gasteiger partial charge in [-0.05, 0) is 54.3 Å². The molecule has 37 heavy (non-hydrogen) atoms. The first-order chi connectivity index (χ1) is 17.6. The topological polar surface area (TPSA) is 71.0 Å². The van der Waals surface area contributed by atoms with E-state index in [4.69, 9.17) is 26.2 Å². The number of anilines is 2. The lowest BCUT2D eigenvalue weighted by atomic mass is 10.0.